The van der Waals surface area contributed by atoms with Crippen molar-refractivity contribution in [3.05, 3.63) is 33.0 Å². The lowest BCUT2D eigenvalue weighted by Crippen LogP contribution is -2.38. The number of hydrazine groups is 1. The summed E-state index contributed by atoms with van der Waals surface area (Å²) in [6, 6.07) is 0.583. The molecule has 0 bridgehead atoms. The van der Waals surface area contributed by atoms with Crippen LogP contribution in [0.1, 0.15) is 11.6 Å². The molecule has 0 aliphatic rings. The molecule has 1 unspecified atom stereocenters. The van der Waals surface area contributed by atoms with Crippen molar-refractivity contribution in [3.63, 3.8) is 0 Å². The highest BCUT2D eigenvalue weighted by Gasteiger charge is 2.39. The molecule has 0 aromatic heterocycles. The molecule has 1 rings (SSSR count). The van der Waals surface area contributed by atoms with Gasteiger partial charge in [0.2, 0.25) is 0 Å². The summed E-state index contributed by atoms with van der Waals surface area (Å²) in [5, 5.41) is -4.04. The molecule has 2 nitrogen and oxygen atoms in total. The van der Waals surface area contributed by atoms with E-state index in [1.54, 1.807) is 5.43 Å². The first kappa shape index (κ1) is 14.1. The van der Waals surface area contributed by atoms with Crippen molar-refractivity contribution in [1.29, 1.82) is 0 Å². The van der Waals surface area contributed by atoms with Crippen LogP contribution >= 0.6 is 39.1 Å². The molecular formula is C8H6BrCl2F3N2. The monoisotopic (exact) mass is 336 g/mol. The Balaban J connectivity index is 3.27. The number of hydrogen-bond donors (Lipinski definition) is 2. The number of rotatable bonds is 3. The van der Waals surface area contributed by atoms with Gasteiger partial charge in [-0.1, -0.05) is 17.7 Å². The Bertz CT molecular complexity index is 398. The van der Waals surface area contributed by atoms with E-state index in [2.05, 4.69) is 15.9 Å². The predicted molar refractivity (Wildman–Crippen MR) is 60.0 cm³/mol. The number of benzene rings is 1. The van der Waals surface area contributed by atoms with Crippen LogP contribution in [0.25, 0.3) is 0 Å². The molecule has 90 valence electrons. The zero-order valence-corrected chi connectivity index (χ0v) is 10.7. The molecule has 0 aliphatic carbocycles. The highest BCUT2D eigenvalue weighted by Crippen LogP contribution is 2.38. The van der Waals surface area contributed by atoms with Crippen LogP contribution < -0.4 is 11.3 Å². The Hall–Kier alpha value is -0.0100. The molecule has 0 aliphatic heterocycles. The number of nitrogens with one attached hydrogen (secondary N) is 1. The molecular weight excluding hydrogens is 332 g/mol. The van der Waals surface area contributed by atoms with Gasteiger partial charge < -0.3 is 0 Å². The first-order chi connectivity index (χ1) is 7.29. The van der Waals surface area contributed by atoms with Gasteiger partial charge in [-0.25, -0.2) is 9.82 Å². The van der Waals surface area contributed by atoms with Crippen molar-refractivity contribution >= 4 is 39.1 Å². The SMILES string of the molecule is NNC(c1ccc(Br)c(Cl)c1F)C(F)(F)Cl. The third-order valence-corrected chi connectivity index (χ3v) is 3.35. The minimum Gasteiger partial charge on any atom is -0.271 e. The third-order valence-electron chi connectivity index (χ3n) is 1.87. The zero-order chi connectivity index (χ0) is 12.5. The van der Waals surface area contributed by atoms with Gasteiger partial charge >= 0.3 is 5.38 Å². The second kappa shape index (κ2) is 5.10. The Morgan fingerprint density at radius 2 is 2.00 bits per heavy atom. The van der Waals surface area contributed by atoms with E-state index in [-0.39, 0.29) is 9.50 Å². The Kier molecular flexibility index (Phi) is 4.48. The topological polar surface area (TPSA) is 38.0 Å². The third kappa shape index (κ3) is 2.81. The summed E-state index contributed by atoms with van der Waals surface area (Å²) < 4.78 is 39.6. The van der Waals surface area contributed by atoms with Crippen LogP contribution in [0.4, 0.5) is 13.2 Å². The summed E-state index contributed by atoms with van der Waals surface area (Å²) in [5.74, 6) is 3.91. The molecule has 0 heterocycles. The summed E-state index contributed by atoms with van der Waals surface area (Å²) in [4.78, 5) is 0. The Morgan fingerprint density at radius 1 is 1.44 bits per heavy atom. The van der Waals surface area contributed by atoms with Gasteiger partial charge in [0.05, 0.1) is 5.02 Å². The van der Waals surface area contributed by atoms with Crippen LogP contribution in [-0.2, 0) is 0 Å². The minimum atomic E-state index is -3.73. The molecule has 1 aromatic rings. The molecule has 0 radical (unpaired) electrons. The van der Waals surface area contributed by atoms with E-state index < -0.39 is 22.8 Å². The summed E-state index contributed by atoms with van der Waals surface area (Å²) in [5.41, 5.74) is 1.34. The summed E-state index contributed by atoms with van der Waals surface area (Å²) in [7, 11) is 0. The number of hydrogen-bond acceptors (Lipinski definition) is 2. The molecule has 3 N–H and O–H groups in total. The number of nitrogens with two attached hydrogens (primary N) is 1. The average Bonchev–Trinajstić information content (AvgIpc) is 2.17. The number of alkyl halides is 3. The summed E-state index contributed by atoms with van der Waals surface area (Å²) in [6.07, 6.45) is 0. The lowest BCUT2D eigenvalue weighted by atomic mass is 10.1. The van der Waals surface area contributed by atoms with E-state index in [9.17, 15) is 13.2 Å². The fourth-order valence-electron chi connectivity index (χ4n) is 1.12. The van der Waals surface area contributed by atoms with Crippen LogP contribution in [0, 0.1) is 5.82 Å². The Labute approximate surface area is 108 Å². The highest BCUT2D eigenvalue weighted by atomic mass is 79.9. The smallest absolute Gasteiger partial charge is 0.271 e. The van der Waals surface area contributed by atoms with Crippen LogP contribution in [0.2, 0.25) is 5.02 Å². The highest BCUT2D eigenvalue weighted by molar-refractivity contribution is 9.10. The molecule has 0 amide bonds. The van der Waals surface area contributed by atoms with Crippen molar-refractivity contribution in [1.82, 2.24) is 5.43 Å². The quantitative estimate of drug-likeness (QED) is 0.383. The average molecular weight is 338 g/mol. The van der Waals surface area contributed by atoms with Crippen LogP contribution in [0.5, 0.6) is 0 Å². The van der Waals surface area contributed by atoms with Crippen molar-refractivity contribution in [2.45, 2.75) is 11.4 Å². The zero-order valence-electron chi connectivity index (χ0n) is 7.58. The lowest BCUT2D eigenvalue weighted by molar-refractivity contribution is 0.0483. The van der Waals surface area contributed by atoms with E-state index in [0.29, 0.717) is 0 Å². The van der Waals surface area contributed by atoms with Gasteiger partial charge in [0.15, 0.2) is 0 Å². The Morgan fingerprint density at radius 3 is 2.44 bits per heavy atom. The maximum Gasteiger partial charge on any atom is 0.342 e. The van der Waals surface area contributed by atoms with E-state index in [1.165, 1.54) is 6.07 Å². The molecule has 0 spiro atoms. The lowest BCUT2D eigenvalue weighted by Gasteiger charge is -2.21. The fourth-order valence-corrected chi connectivity index (χ4v) is 1.78. The van der Waals surface area contributed by atoms with E-state index in [0.717, 1.165) is 6.07 Å². The summed E-state index contributed by atoms with van der Waals surface area (Å²) >= 11 is 13.3. The standard InChI is InChI=1S/C8H6BrCl2F3N2/c9-4-2-1-3(6(12)5(4)10)7(16-15)8(11,13)14/h1-2,7,16H,15H2. The van der Waals surface area contributed by atoms with E-state index in [4.69, 9.17) is 29.0 Å². The molecule has 0 saturated carbocycles. The van der Waals surface area contributed by atoms with Gasteiger partial charge in [0.1, 0.15) is 11.9 Å². The second-order valence-corrected chi connectivity index (χ2v) is 4.64. The van der Waals surface area contributed by atoms with Gasteiger partial charge in [-0.05, 0) is 33.6 Å². The number of halogens is 6. The molecule has 0 fully saturated rings. The van der Waals surface area contributed by atoms with E-state index in [1.807, 2.05) is 0 Å². The summed E-state index contributed by atoms with van der Waals surface area (Å²) in [6.45, 7) is 0. The van der Waals surface area contributed by atoms with Gasteiger partial charge in [0.25, 0.3) is 0 Å². The maximum absolute atomic E-state index is 13.6. The minimum absolute atomic E-state index is 0.254. The van der Waals surface area contributed by atoms with Gasteiger partial charge in [-0.2, -0.15) is 8.78 Å². The van der Waals surface area contributed by atoms with Crippen molar-refractivity contribution in [2.75, 3.05) is 0 Å². The molecule has 1 aromatic carbocycles. The fraction of sp³-hybridized carbons (Fsp3) is 0.250. The largest absolute Gasteiger partial charge is 0.342 e. The molecule has 8 heteroatoms. The normalized spacial score (nSPS) is 13.9. The second-order valence-electron chi connectivity index (χ2n) is 2.91. The first-order valence-electron chi connectivity index (χ1n) is 3.95. The van der Waals surface area contributed by atoms with Crippen molar-refractivity contribution in [2.24, 2.45) is 5.84 Å². The van der Waals surface area contributed by atoms with Crippen molar-refractivity contribution < 1.29 is 13.2 Å². The molecule has 16 heavy (non-hydrogen) atoms. The van der Waals surface area contributed by atoms with Gasteiger partial charge in [0, 0.05) is 10.0 Å². The van der Waals surface area contributed by atoms with Crippen LogP contribution in [-0.4, -0.2) is 5.38 Å². The van der Waals surface area contributed by atoms with Gasteiger partial charge in [-0.15, -0.1) is 0 Å². The predicted octanol–water partition coefficient (Wildman–Crippen LogP) is 3.58. The van der Waals surface area contributed by atoms with Crippen molar-refractivity contribution in [3.8, 4) is 0 Å². The molecule has 1 atom stereocenters. The van der Waals surface area contributed by atoms with Crippen LogP contribution in [0.3, 0.4) is 0 Å². The van der Waals surface area contributed by atoms with Gasteiger partial charge in [-0.3, -0.25) is 5.84 Å². The molecule has 0 saturated heterocycles. The first-order valence-corrected chi connectivity index (χ1v) is 5.50. The van der Waals surface area contributed by atoms with Crippen LogP contribution in [0.15, 0.2) is 16.6 Å². The van der Waals surface area contributed by atoms with E-state index >= 15 is 0 Å². The maximum atomic E-state index is 13.6.